The lowest BCUT2D eigenvalue weighted by Gasteiger charge is -2.33. The van der Waals surface area contributed by atoms with Gasteiger partial charge in [-0.3, -0.25) is 9.78 Å². The number of hydrogen-bond donors (Lipinski definition) is 1. The zero-order valence-electron chi connectivity index (χ0n) is 13.8. The summed E-state index contributed by atoms with van der Waals surface area (Å²) in [5, 5.41) is 9.24. The maximum Gasteiger partial charge on any atom is 0.341 e. The van der Waals surface area contributed by atoms with Gasteiger partial charge in [0, 0.05) is 36.0 Å². The fourth-order valence-corrected chi connectivity index (χ4v) is 3.19. The minimum atomic E-state index is -1.18. The third-order valence-electron chi connectivity index (χ3n) is 4.66. The van der Waals surface area contributed by atoms with Crippen molar-refractivity contribution in [2.24, 2.45) is 5.92 Å². The molecule has 1 aliphatic heterocycles. The topological polar surface area (TPSA) is 72.2 Å². The molecule has 0 bridgehead atoms. The van der Waals surface area contributed by atoms with E-state index >= 15 is 0 Å². The van der Waals surface area contributed by atoms with Crippen molar-refractivity contribution >= 4 is 5.97 Å². The summed E-state index contributed by atoms with van der Waals surface area (Å²) in [4.78, 5) is 28.2. The van der Waals surface area contributed by atoms with Gasteiger partial charge < -0.3 is 9.67 Å². The quantitative estimate of drug-likeness (QED) is 0.925. The zero-order valence-corrected chi connectivity index (χ0v) is 13.8. The molecule has 1 unspecified atom stereocenters. The minimum Gasteiger partial charge on any atom is -0.477 e. The number of carboxylic acid groups (broad SMARTS) is 1. The van der Waals surface area contributed by atoms with E-state index in [4.69, 9.17) is 4.98 Å². The standard InChI is InChI=1S/C18H20N2O3/c1-9(2)15-6-14-12(5-10(3)11(4)19-14)16-7-17(21)13(18(22)23)8-20(15)16/h5,7-9,15H,6H2,1-4H3,(H,22,23). The number of rotatable bonds is 2. The molecule has 0 amide bonds. The number of aromatic nitrogens is 2. The molecule has 5 heteroatoms. The average molecular weight is 312 g/mol. The van der Waals surface area contributed by atoms with Crippen LogP contribution >= 0.6 is 0 Å². The van der Waals surface area contributed by atoms with Gasteiger partial charge in [0.25, 0.3) is 0 Å². The van der Waals surface area contributed by atoms with Crippen LogP contribution < -0.4 is 5.43 Å². The number of pyridine rings is 2. The molecule has 0 saturated carbocycles. The molecule has 0 radical (unpaired) electrons. The van der Waals surface area contributed by atoms with Crippen molar-refractivity contribution in [2.75, 3.05) is 0 Å². The normalized spacial score (nSPS) is 16.1. The van der Waals surface area contributed by atoms with Gasteiger partial charge >= 0.3 is 5.97 Å². The van der Waals surface area contributed by atoms with Crippen molar-refractivity contribution in [2.45, 2.75) is 40.2 Å². The summed E-state index contributed by atoms with van der Waals surface area (Å²) in [5.41, 5.74) is 4.08. The first-order chi connectivity index (χ1) is 10.8. The van der Waals surface area contributed by atoms with Gasteiger partial charge in [0.15, 0.2) is 5.43 Å². The fourth-order valence-electron chi connectivity index (χ4n) is 3.19. The van der Waals surface area contributed by atoms with E-state index in [2.05, 4.69) is 13.8 Å². The predicted octanol–water partition coefficient (Wildman–Crippen LogP) is 2.98. The number of nitrogens with zero attached hydrogens (tertiary/aromatic N) is 2. The fraction of sp³-hybridized carbons (Fsp3) is 0.389. The van der Waals surface area contributed by atoms with Crippen LogP contribution in [-0.4, -0.2) is 20.6 Å². The van der Waals surface area contributed by atoms with Crippen LogP contribution in [-0.2, 0) is 6.42 Å². The summed E-state index contributed by atoms with van der Waals surface area (Å²) in [6.45, 7) is 8.17. The maximum absolute atomic E-state index is 12.2. The van der Waals surface area contributed by atoms with Crippen LogP contribution in [0.4, 0.5) is 0 Å². The highest BCUT2D eigenvalue weighted by atomic mass is 16.4. The zero-order chi connectivity index (χ0) is 16.9. The predicted molar refractivity (Wildman–Crippen MR) is 87.9 cm³/mol. The van der Waals surface area contributed by atoms with Gasteiger partial charge in [-0.15, -0.1) is 0 Å². The molecule has 0 fully saturated rings. The molecular weight excluding hydrogens is 292 g/mol. The molecular formula is C18H20N2O3. The molecule has 0 spiro atoms. The van der Waals surface area contributed by atoms with E-state index < -0.39 is 11.4 Å². The van der Waals surface area contributed by atoms with Crippen LogP contribution in [0.25, 0.3) is 11.3 Å². The molecule has 3 rings (SSSR count). The van der Waals surface area contributed by atoms with Gasteiger partial charge in [-0.2, -0.15) is 0 Å². The lowest BCUT2D eigenvalue weighted by Crippen LogP contribution is -2.28. The molecule has 1 aliphatic rings. The van der Waals surface area contributed by atoms with Gasteiger partial charge in [-0.1, -0.05) is 13.8 Å². The highest BCUT2D eigenvalue weighted by Crippen LogP contribution is 2.37. The van der Waals surface area contributed by atoms with Crippen molar-refractivity contribution < 1.29 is 9.90 Å². The van der Waals surface area contributed by atoms with Crippen molar-refractivity contribution in [3.8, 4) is 11.3 Å². The van der Waals surface area contributed by atoms with Gasteiger partial charge in [-0.25, -0.2) is 4.79 Å². The molecule has 3 heterocycles. The Morgan fingerprint density at radius 2 is 2.04 bits per heavy atom. The summed E-state index contributed by atoms with van der Waals surface area (Å²) < 4.78 is 1.94. The van der Waals surface area contributed by atoms with Crippen molar-refractivity contribution in [3.63, 3.8) is 0 Å². The van der Waals surface area contributed by atoms with Crippen molar-refractivity contribution in [1.82, 2.24) is 9.55 Å². The summed E-state index contributed by atoms with van der Waals surface area (Å²) in [6.07, 6.45) is 2.23. The number of carboxylic acids is 1. The first-order valence-electron chi connectivity index (χ1n) is 7.76. The van der Waals surface area contributed by atoms with Gasteiger partial charge in [0.1, 0.15) is 5.56 Å². The van der Waals surface area contributed by atoms with E-state index in [9.17, 15) is 14.7 Å². The second-order valence-corrected chi connectivity index (χ2v) is 6.55. The SMILES string of the molecule is Cc1cc2c(nc1C)CC(C(C)C)n1cc(C(=O)O)c(=O)cc1-2. The van der Waals surface area contributed by atoms with E-state index in [1.807, 2.05) is 24.5 Å². The molecule has 120 valence electrons. The Morgan fingerprint density at radius 3 is 2.65 bits per heavy atom. The van der Waals surface area contributed by atoms with Gasteiger partial charge in [0.05, 0.1) is 11.4 Å². The minimum absolute atomic E-state index is 0.0887. The van der Waals surface area contributed by atoms with E-state index in [-0.39, 0.29) is 11.6 Å². The molecule has 2 aromatic rings. The number of aromatic carboxylic acids is 1. The van der Waals surface area contributed by atoms with E-state index in [0.29, 0.717) is 5.92 Å². The Bertz CT molecular complexity index is 865. The number of aryl methyl sites for hydroxylation is 2. The smallest absolute Gasteiger partial charge is 0.341 e. The van der Waals surface area contributed by atoms with E-state index in [1.54, 1.807) is 0 Å². The van der Waals surface area contributed by atoms with Crippen LogP contribution in [0.2, 0.25) is 0 Å². The van der Waals surface area contributed by atoms with Crippen LogP contribution in [0, 0.1) is 19.8 Å². The van der Waals surface area contributed by atoms with Crippen LogP contribution in [0.5, 0.6) is 0 Å². The Balaban J connectivity index is 2.33. The molecule has 5 nitrogen and oxygen atoms in total. The summed E-state index contributed by atoms with van der Waals surface area (Å²) in [7, 11) is 0. The number of fused-ring (bicyclic) bond motifs is 3. The molecule has 1 atom stereocenters. The average Bonchev–Trinajstić information content (AvgIpc) is 2.47. The van der Waals surface area contributed by atoms with Crippen LogP contribution in [0.1, 0.15) is 47.2 Å². The largest absolute Gasteiger partial charge is 0.477 e. The molecule has 2 aromatic heterocycles. The first kappa shape index (κ1) is 15.5. The summed E-state index contributed by atoms with van der Waals surface area (Å²) in [5.74, 6) is -0.883. The molecule has 23 heavy (non-hydrogen) atoms. The highest BCUT2D eigenvalue weighted by molar-refractivity contribution is 5.87. The highest BCUT2D eigenvalue weighted by Gasteiger charge is 2.29. The third kappa shape index (κ3) is 2.46. The van der Waals surface area contributed by atoms with Crippen molar-refractivity contribution in [1.29, 1.82) is 0 Å². The lowest BCUT2D eigenvalue weighted by molar-refractivity contribution is 0.0694. The van der Waals surface area contributed by atoms with Crippen LogP contribution in [0.15, 0.2) is 23.1 Å². The second kappa shape index (κ2) is 5.33. The molecule has 0 aliphatic carbocycles. The van der Waals surface area contributed by atoms with Crippen molar-refractivity contribution in [3.05, 3.63) is 51.1 Å². The summed E-state index contributed by atoms with van der Waals surface area (Å²) >= 11 is 0. The molecule has 0 aromatic carbocycles. The second-order valence-electron chi connectivity index (χ2n) is 6.55. The number of carbonyl (C=O) groups is 1. The Labute approximate surface area is 134 Å². The van der Waals surface area contributed by atoms with E-state index in [0.717, 1.165) is 34.6 Å². The van der Waals surface area contributed by atoms with Gasteiger partial charge in [0.2, 0.25) is 0 Å². The van der Waals surface area contributed by atoms with Gasteiger partial charge in [-0.05, 0) is 31.4 Å². The molecule has 1 N–H and O–H groups in total. The van der Waals surface area contributed by atoms with Crippen LogP contribution in [0.3, 0.4) is 0 Å². The molecule has 0 saturated heterocycles. The lowest BCUT2D eigenvalue weighted by atomic mass is 9.89. The Kier molecular flexibility index (Phi) is 3.59. The number of hydrogen-bond acceptors (Lipinski definition) is 3. The van der Waals surface area contributed by atoms with E-state index in [1.165, 1.54) is 12.3 Å². The Morgan fingerprint density at radius 1 is 1.35 bits per heavy atom. The maximum atomic E-state index is 12.2. The summed E-state index contributed by atoms with van der Waals surface area (Å²) in [6, 6.07) is 3.57. The monoisotopic (exact) mass is 312 g/mol. The first-order valence-corrected chi connectivity index (χ1v) is 7.76. The Hall–Kier alpha value is -2.43. The third-order valence-corrected chi connectivity index (χ3v) is 4.66.